The molecule has 3 aromatic rings. The number of amides is 1. The average molecular weight is 382 g/mol. The first-order valence-corrected chi connectivity index (χ1v) is 9.58. The Morgan fingerprint density at radius 2 is 1.85 bits per heavy atom. The molecule has 0 unspecified atom stereocenters. The standard InChI is InChI=1S/C19H18N4O3S/c1-21-16-12(17(24)22(2)19(21)26)8-9-13(20-16)18(25)23-10-5-11-27-15-7-4-3-6-14(15)23/h3-4,6-9H,5,10-11H2,1-2H3. The molecule has 0 N–H and O–H groups in total. The fourth-order valence-corrected chi connectivity index (χ4v) is 4.24. The molecule has 4 rings (SSSR count). The third kappa shape index (κ3) is 2.86. The highest BCUT2D eigenvalue weighted by Gasteiger charge is 2.24. The number of carbonyl (C=O) groups excluding carboxylic acids is 1. The summed E-state index contributed by atoms with van der Waals surface area (Å²) in [4.78, 5) is 44.8. The molecule has 2 aromatic heterocycles. The zero-order valence-electron chi connectivity index (χ0n) is 15.0. The minimum Gasteiger partial charge on any atom is -0.306 e. The van der Waals surface area contributed by atoms with Gasteiger partial charge in [-0.2, -0.15) is 0 Å². The van der Waals surface area contributed by atoms with Crippen molar-refractivity contribution in [1.82, 2.24) is 14.1 Å². The van der Waals surface area contributed by atoms with E-state index in [9.17, 15) is 14.4 Å². The molecule has 1 amide bonds. The number of fused-ring (bicyclic) bond motifs is 2. The van der Waals surface area contributed by atoms with Gasteiger partial charge in [-0.05, 0) is 36.4 Å². The monoisotopic (exact) mass is 382 g/mol. The van der Waals surface area contributed by atoms with Gasteiger partial charge in [0.2, 0.25) is 0 Å². The van der Waals surface area contributed by atoms with E-state index in [-0.39, 0.29) is 17.2 Å². The van der Waals surface area contributed by atoms with E-state index in [4.69, 9.17) is 0 Å². The number of pyridine rings is 1. The van der Waals surface area contributed by atoms with Crippen LogP contribution in [0.5, 0.6) is 0 Å². The number of benzene rings is 1. The van der Waals surface area contributed by atoms with E-state index in [1.165, 1.54) is 11.6 Å². The molecule has 1 aliphatic rings. The molecule has 7 nitrogen and oxygen atoms in total. The van der Waals surface area contributed by atoms with Gasteiger partial charge in [0.05, 0.1) is 11.1 Å². The number of carbonyl (C=O) groups is 1. The van der Waals surface area contributed by atoms with Crippen LogP contribution in [0.25, 0.3) is 11.0 Å². The summed E-state index contributed by atoms with van der Waals surface area (Å²) in [5, 5.41) is 0.308. The van der Waals surface area contributed by atoms with E-state index in [2.05, 4.69) is 4.98 Å². The minimum absolute atomic E-state index is 0.214. The SMILES string of the molecule is Cn1c(=O)c2ccc(C(=O)N3CCCSc4ccccc43)nc2n(C)c1=O. The van der Waals surface area contributed by atoms with E-state index in [0.29, 0.717) is 11.9 Å². The van der Waals surface area contributed by atoms with Gasteiger partial charge >= 0.3 is 5.69 Å². The first-order valence-electron chi connectivity index (χ1n) is 8.59. The van der Waals surface area contributed by atoms with Crippen LogP contribution in [0.4, 0.5) is 5.69 Å². The van der Waals surface area contributed by atoms with Crippen LogP contribution < -0.4 is 16.1 Å². The largest absolute Gasteiger partial charge is 0.332 e. The molecule has 8 heteroatoms. The third-order valence-electron chi connectivity index (χ3n) is 4.71. The van der Waals surface area contributed by atoms with Crippen LogP contribution in [0.15, 0.2) is 50.9 Å². The van der Waals surface area contributed by atoms with Gasteiger partial charge < -0.3 is 4.90 Å². The number of aromatic nitrogens is 3. The number of thioether (sulfide) groups is 1. The van der Waals surface area contributed by atoms with Crippen LogP contribution in [0, 0.1) is 0 Å². The summed E-state index contributed by atoms with van der Waals surface area (Å²) in [6, 6.07) is 10.9. The van der Waals surface area contributed by atoms with E-state index >= 15 is 0 Å². The molecule has 0 saturated carbocycles. The Bertz CT molecular complexity index is 1180. The van der Waals surface area contributed by atoms with Crippen LogP contribution in [-0.4, -0.2) is 32.3 Å². The van der Waals surface area contributed by atoms with Crippen molar-refractivity contribution < 1.29 is 4.79 Å². The summed E-state index contributed by atoms with van der Waals surface area (Å²) < 4.78 is 2.33. The summed E-state index contributed by atoms with van der Waals surface area (Å²) >= 11 is 1.73. The zero-order valence-corrected chi connectivity index (χ0v) is 15.8. The normalized spacial score (nSPS) is 14.1. The molecule has 138 valence electrons. The highest BCUT2D eigenvalue weighted by molar-refractivity contribution is 7.99. The number of hydrogen-bond donors (Lipinski definition) is 0. The van der Waals surface area contributed by atoms with Gasteiger partial charge in [0, 0.05) is 25.5 Å². The first kappa shape index (κ1) is 17.5. The molecule has 1 aliphatic heterocycles. The van der Waals surface area contributed by atoms with Crippen molar-refractivity contribution >= 4 is 34.4 Å². The summed E-state index contributed by atoms with van der Waals surface area (Å²) in [6.45, 7) is 0.595. The molecule has 0 fully saturated rings. The fraction of sp³-hybridized carbons (Fsp3) is 0.263. The highest BCUT2D eigenvalue weighted by Crippen LogP contribution is 2.34. The Kier molecular flexibility index (Phi) is 4.35. The topological polar surface area (TPSA) is 77.2 Å². The lowest BCUT2D eigenvalue weighted by atomic mass is 10.2. The Morgan fingerprint density at radius 1 is 1.07 bits per heavy atom. The molecule has 0 saturated heterocycles. The molecule has 0 bridgehead atoms. The van der Waals surface area contributed by atoms with Crippen molar-refractivity contribution in [3.63, 3.8) is 0 Å². The maximum atomic E-state index is 13.2. The van der Waals surface area contributed by atoms with Crippen molar-refractivity contribution in [3.05, 3.63) is 62.9 Å². The predicted octanol–water partition coefficient (Wildman–Crippen LogP) is 1.77. The second-order valence-corrected chi connectivity index (χ2v) is 7.54. The number of nitrogens with zero attached hydrogens (tertiary/aromatic N) is 4. The average Bonchev–Trinajstić information content (AvgIpc) is 2.92. The van der Waals surface area contributed by atoms with Crippen LogP contribution in [0.3, 0.4) is 0 Å². The first-order chi connectivity index (χ1) is 13.0. The zero-order chi connectivity index (χ0) is 19.1. The summed E-state index contributed by atoms with van der Waals surface area (Å²) in [7, 11) is 2.97. The summed E-state index contributed by atoms with van der Waals surface area (Å²) in [6.07, 6.45) is 0.873. The van der Waals surface area contributed by atoms with Gasteiger partial charge in [-0.1, -0.05) is 12.1 Å². The quantitative estimate of drug-likeness (QED) is 0.641. The van der Waals surface area contributed by atoms with Crippen LogP contribution in [0.1, 0.15) is 16.9 Å². The number of aryl methyl sites for hydroxylation is 1. The lowest BCUT2D eigenvalue weighted by Crippen LogP contribution is -2.38. The fourth-order valence-electron chi connectivity index (χ4n) is 3.25. The van der Waals surface area contributed by atoms with Gasteiger partial charge in [0.15, 0.2) is 0 Å². The lowest BCUT2D eigenvalue weighted by molar-refractivity contribution is 0.0982. The number of para-hydroxylation sites is 1. The Hall–Kier alpha value is -2.87. The van der Waals surface area contributed by atoms with Crippen molar-refractivity contribution in [3.8, 4) is 0 Å². The maximum Gasteiger partial charge on any atom is 0.332 e. The van der Waals surface area contributed by atoms with Crippen LogP contribution in [0.2, 0.25) is 0 Å². The summed E-state index contributed by atoms with van der Waals surface area (Å²) in [5.41, 5.74) is 0.404. The minimum atomic E-state index is -0.471. The molecule has 0 aliphatic carbocycles. The molecule has 1 aromatic carbocycles. The smallest absolute Gasteiger partial charge is 0.306 e. The molecule has 0 atom stereocenters. The van der Waals surface area contributed by atoms with Gasteiger partial charge in [-0.25, -0.2) is 9.78 Å². The van der Waals surface area contributed by atoms with Gasteiger partial charge in [0.25, 0.3) is 11.5 Å². The Labute approximate surface area is 159 Å². The maximum absolute atomic E-state index is 13.2. The molecular weight excluding hydrogens is 364 g/mol. The second kappa shape index (κ2) is 6.70. The number of rotatable bonds is 1. The van der Waals surface area contributed by atoms with Crippen LogP contribution in [-0.2, 0) is 14.1 Å². The lowest BCUT2D eigenvalue weighted by Gasteiger charge is -2.22. The van der Waals surface area contributed by atoms with E-state index in [1.54, 1.807) is 35.8 Å². The molecule has 0 radical (unpaired) electrons. The van der Waals surface area contributed by atoms with Crippen molar-refractivity contribution in [1.29, 1.82) is 0 Å². The van der Waals surface area contributed by atoms with Gasteiger partial charge in [0.1, 0.15) is 11.3 Å². The molecular formula is C19H18N4O3S. The Morgan fingerprint density at radius 3 is 2.67 bits per heavy atom. The van der Waals surface area contributed by atoms with Crippen molar-refractivity contribution in [2.75, 3.05) is 17.2 Å². The Balaban J connectivity index is 1.85. The van der Waals surface area contributed by atoms with Crippen molar-refractivity contribution in [2.45, 2.75) is 11.3 Å². The van der Waals surface area contributed by atoms with E-state index in [0.717, 1.165) is 27.3 Å². The highest BCUT2D eigenvalue weighted by atomic mass is 32.2. The van der Waals surface area contributed by atoms with Gasteiger partial charge in [-0.15, -0.1) is 11.8 Å². The third-order valence-corrected chi connectivity index (χ3v) is 5.85. The molecule has 3 heterocycles. The number of anilines is 1. The predicted molar refractivity (Wildman–Crippen MR) is 106 cm³/mol. The molecule has 27 heavy (non-hydrogen) atoms. The van der Waals surface area contributed by atoms with E-state index in [1.807, 2.05) is 24.3 Å². The summed E-state index contributed by atoms with van der Waals surface area (Å²) in [5.74, 6) is 0.705. The van der Waals surface area contributed by atoms with Crippen molar-refractivity contribution in [2.24, 2.45) is 14.1 Å². The van der Waals surface area contributed by atoms with Crippen LogP contribution >= 0.6 is 11.8 Å². The van der Waals surface area contributed by atoms with Gasteiger partial charge in [-0.3, -0.25) is 18.7 Å². The van der Waals surface area contributed by atoms with E-state index < -0.39 is 11.2 Å². The second-order valence-electron chi connectivity index (χ2n) is 6.40. The molecule has 0 spiro atoms. The number of hydrogen-bond acceptors (Lipinski definition) is 5.